The molecule has 0 radical (unpaired) electrons. The number of hydrogen-bond donors (Lipinski definition) is 2. The van der Waals surface area contributed by atoms with Gasteiger partial charge >= 0.3 is 18.2 Å². The molecule has 3 aromatic rings. The second kappa shape index (κ2) is 13.7. The Morgan fingerprint density at radius 3 is 2.18 bits per heavy atom. The SMILES string of the molecule is O=C(Nc1ccc(Cl)nn1)N1CCN(Cc2cccc(Oc3ccc(Cl)c(Cl)c3)c2)CC1.O=C(O)C(F)(F)F. The number of ether oxygens (including phenoxy) is 1. The molecule has 0 saturated carbocycles. The second-order valence-electron chi connectivity index (χ2n) is 8.06. The van der Waals surface area contributed by atoms with Crippen LogP contribution in [0.1, 0.15) is 5.56 Å². The lowest BCUT2D eigenvalue weighted by Crippen LogP contribution is -2.49. The summed E-state index contributed by atoms with van der Waals surface area (Å²) in [4.78, 5) is 25.4. The number of piperazine rings is 1. The largest absolute Gasteiger partial charge is 0.490 e. The molecule has 2 N–H and O–H groups in total. The molecular formula is C24H21Cl3F3N5O4. The zero-order chi connectivity index (χ0) is 28.6. The molecule has 1 aliphatic rings. The van der Waals surface area contributed by atoms with Crippen molar-refractivity contribution in [2.75, 3.05) is 31.5 Å². The van der Waals surface area contributed by atoms with Gasteiger partial charge in [-0.2, -0.15) is 13.2 Å². The third kappa shape index (κ3) is 9.74. The molecule has 0 bridgehead atoms. The van der Waals surface area contributed by atoms with E-state index in [1.54, 1.807) is 35.2 Å². The van der Waals surface area contributed by atoms with E-state index < -0.39 is 12.1 Å². The number of aromatic nitrogens is 2. The molecule has 4 rings (SSSR count). The highest BCUT2D eigenvalue weighted by Gasteiger charge is 2.38. The summed E-state index contributed by atoms with van der Waals surface area (Å²) in [5, 5.41) is 18.7. The van der Waals surface area contributed by atoms with E-state index in [4.69, 9.17) is 49.4 Å². The van der Waals surface area contributed by atoms with Crippen LogP contribution in [0, 0.1) is 0 Å². The van der Waals surface area contributed by atoms with E-state index in [1.807, 2.05) is 18.2 Å². The minimum atomic E-state index is -5.08. The Morgan fingerprint density at radius 2 is 1.59 bits per heavy atom. The molecule has 1 saturated heterocycles. The molecule has 15 heteroatoms. The summed E-state index contributed by atoms with van der Waals surface area (Å²) in [5.41, 5.74) is 1.12. The van der Waals surface area contributed by atoms with Crippen LogP contribution in [0.15, 0.2) is 54.6 Å². The first kappa shape index (κ1) is 30.2. The maximum absolute atomic E-state index is 12.4. The Balaban J connectivity index is 0.000000532. The van der Waals surface area contributed by atoms with Gasteiger partial charge in [-0.15, -0.1) is 10.2 Å². The van der Waals surface area contributed by atoms with Gasteiger partial charge in [0.1, 0.15) is 11.5 Å². The van der Waals surface area contributed by atoms with Gasteiger partial charge in [-0.05, 0) is 42.0 Å². The number of carboxylic acids is 1. The molecule has 1 aliphatic heterocycles. The molecule has 1 fully saturated rings. The normalized spacial score (nSPS) is 13.7. The van der Waals surface area contributed by atoms with E-state index in [2.05, 4.69) is 26.5 Å². The lowest BCUT2D eigenvalue weighted by Gasteiger charge is -2.34. The zero-order valence-electron chi connectivity index (χ0n) is 20.0. The summed E-state index contributed by atoms with van der Waals surface area (Å²) >= 11 is 17.7. The van der Waals surface area contributed by atoms with E-state index in [9.17, 15) is 18.0 Å². The van der Waals surface area contributed by atoms with Crippen LogP contribution >= 0.6 is 34.8 Å². The lowest BCUT2D eigenvalue weighted by molar-refractivity contribution is -0.192. The molecule has 0 atom stereocenters. The first-order chi connectivity index (χ1) is 18.4. The Hall–Kier alpha value is -3.32. The smallest absolute Gasteiger partial charge is 0.475 e. The molecule has 2 heterocycles. The van der Waals surface area contributed by atoms with Crippen LogP contribution in [0.25, 0.3) is 0 Å². The summed E-state index contributed by atoms with van der Waals surface area (Å²) in [6.45, 7) is 3.52. The van der Waals surface area contributed by atoms with Crippen molar-refractivity contribution in [3.8, 4) is 11.5 Å². The van der Waals surface area contributed by atoms with Crippen LogP contribution in [0.2, 0.25) is 15.2 Å². The predicted molar refractivity (Wildman–Crippen MR) is 140 cm³/mol. The maximum Gasteiger partial charge on any atom is 0.490 e. The van der Waals surface area contributed by atoms with Crippen LogP contribution in [0.3, 0.4) is 0 Å². The van der Waals surface area contributed by atoms with Gasteiger partial charge < -0.3 is 14.7 Å². The standard InChI is InChI=1S/C22H20Cl3N5O2.C2HF3O2/c23-18-5-4-17(13-19(18)24)32-16-3-1-2-15(12-16)14-29-8-10-30(11-9-29)22(31)26-21-7-6-20(25)27-28-21;3-2(4,5)1(6)7/h1-7,12-13H,8-11,14H2,(H,26,28,31);(H,6,7). The lowest BCUT2D eigenvalue weighted by atomic mass is 10.2. The molecule has 1 aromatic heterocycles. The van der Waals surface area contributed by atoms with Gasteiger partial charge in [-0.1, -0.05) is 46.9 Å². The van der Waals surface area contributed by atoms with Crippen molar-refractivity contribution in [1.29, 1.82) is 0 Å². The van der Waals surface area contributed by atoms with E-state index in [0.717, 1.165) is 30.9 Å². The van der Waals surface area contributed by atoms with E-state index in [0.29, 0.717) is 34.7 Å². The molecule has 0 aliphatic carbocycles. The quantitative estimate of drug-likeness (QED) is 0.355. The number of anilines is 1. The number of benzene rings is 2. The Morgan fingerprint density at radius 1 is 0.923 bits per heavy atom. The number of carbonyl (C=O) groups is 2. The van der Waals surface area contributed by atoms with Crippen LogP contribution in [-0.2, 0) is 11.3 Å². The molecule has 208 valence electrons. The molecule has 0 spiro atoms. The average Bonchev–Trinajstić information content (AvgIpc) is 2.88. The van der Waals surface area contributed by atoms with Gasteiger partial charge in [-0.25, -0.2) is 9.59 Å². The van der Waals surface area contributed by atoms with Gasteiger partial charge in [-0.3, -0.25) is 10.2 Å². The van der Waals surface area contributed by atoms with Crippen molar-refractivity contribution in [3.05, 3.63) is 75.4 Å². The van der Waals surface area contributed by atoms with Crippen molar-refractivity contribution in [2.24, 2.45) is 0 Å². The number of halogens is 6. The van der Waals surface area contributed by atoms with Crippen LogP contribution in [0.4, 0.5) is 23.8 Å². The minimum Gasteiger partial charge on any atom is -0.475 e. The van der Waals surface area contributed by atoms with Crippen molar-refractivity contribution < 1.29 is 32.6 Å². The summed E-state index contributed by atoms with van der Waals surface area (Å²) in [6, 6.07) is 16.1. The highest BCUT2D eigenvalue weighted by atomic mass is 35.5. The van der Waals surface area contributed by atoms with Gasteiger partial charge in [0.15, 0.2) is 11.0 Å². The number of carbonyl (C=O) groups excluding carboxylic acids is 1. The van der Waals surface area contributed by atoms with Gasteiger partial charge in [0.25, 0.3) is 0 Å². The zero-order valence-corrected chi connectivity index (χ0v) is 22.2. The number of aliphatic carboxylic acids is 1. The van der Waals surface area contributed by atoms with Crippen molar-refractivity contribution in [3.63, 3.8) is 0 Å². The number of carboxylic acid groups (broad SMARTS) is 1. The number of rotatable bonds is 5. The van der Waals surface area contributed by atoms with Crippen molar-refractivity contribution in [2.45, 2.75) is 12.7 Å². The number of urea groups is 1. The number of alkyl halides is 3. The number of nitrogens with one attached hydrogen (secondary N) is 1. The molecule has 0 unspecified atom stereocenters. The van der Waals surface area contributed by atoms with Crippen LogP contribution < -0.4 is 10.1 Å². The van der Waals surface area contributed by atoms with Gasteiger partial charge in [0.05, 0.1) is 10.0 Å². The fourth-order valence-electron chi connectivity index (χ4n) is 3.32. The number of amides is 2. The third-order valence-electron chi connectivity index (χ3n) is 5.20. The van der Waals surface area contributed by atoms with Crippen molar-refractivity contribution >= 4 is 52.6 Å². The van der Waals surface area contributed by atoms with E-state index >= 15 is 0 Å². The summed E-state index contributed by atoms with van der Waals surface area (Å²) in [6.07, 6.45) is -5.08. The average molecular weight is 607 g/mol. The second-order valence-corrected chi connectivity index (χ2v) is 9.26. The third-order valence-corrected chi connectivity index (χ3v) is 6.14. The van der Waals surface area contributed by atoms with E-state index in [1.165, 1.54) is 0 Å². The highest BCUT2D eigenvalue weighted by molar-refractivity contribution is 6.42. The summed E-state index contributed by atoms with van der Waals surface area (Å²) in [7, 11) is 0. The van der Waals surface area contributed by atoms with Gasteiger partial charge in [0, 0.05) is 38.8 Å². The first-order valence-corrected chi connectivity index (χ1v) is 12.3. The molecule has 2 amide bonds. The Bertz CT molecular complexity index is 1290. The minimum absolute atomic E-state index is 0.196. The highest BCUT2D eigenvalue weighted by Crippen LogP contribution is 2.30. The van der Waals surface area contributed by atoms with Crippen LogP contribution in [0.5, 0.6) is 11.5 Å². The summed E-state index contributed by atoms with van der Waals surface area (Å²) in [5.74, 6) is -1.03. The Kier molecular flexibility index (Phi) is 10.6. The molecule has 2 aromatic carbocycles. The molecular weight excluding hydrogens is 586 g/mol. The summed E-state index contributed by atoms with van der Waals surface area (Å²) < 4.78 is 37.7. The number of nitrogens with zero attached hydrogens (tertiary/aromatic N) is 4. The fraction of sp³-hybridized carbons (Fsp3) is 0.250. The monoisotopic (exact) mass is 605 g/mol. The fourth-order valence-corrected chi connectivity index (χ4v) is 3.71. The van der Waals surface area contributed by atoms with Crippen molar-refractivity contribution in [1.82, 2.24) is 20.0 Å². The molecule has 39 heavy (non-hydrogen) atoms. The Labute approximate surface area is 236 Å². The number of hydrogen-bond acceptors (Lipinski definition) is 6. The molecule has 9 nitrogen and oxygen atoms in total. The first-order valence-electron chi connectivity index (χ1n) is 11.2. The van der Waals surface area contributed by atoms with E-state index in [-0.39, 0.29) is 11.2 Å². The van der Waals surface area contributed by atoms with Gasteiger partial charge in [0.2, 0.25) is 0 Å². The topological polar surface area (TPSA) is 108 Å². The maximum atomic E-state index is 12.4. The predicted octanol–water partition coefficient (Wildman–Crippen LogP) is 6.21. The van der Waals surface area contributed by atoms with Crippen LogP contribution in [-0.4, -0.2) is 69.5 Å².